The van der Waals surface area contributed by atoms with Crippen LogP contribution in [-0.4, -0.2) is 45.4 Å². The van der Waals surface area contributed by atoms with Crippen LogP contribution < -0.4 is 10.6 Å². The maximum atomic E-state index is 12.0. The van der Waals surface area contributed by atoms with Crippen molar-refractivity contribution in [1.82, 2.24) is 10.6 Å². The number of hydrogen-bond donors (Lipinski definition) is 2. The van der Waals surface area contributed by atoms with Gasteiger partial charge in [0.2, 0.25) is 0 Å². The normalized spacial score (nSPS) is 20.4. The van der Waals surface area contributed by atoms with Gasteiger partial charge in [-0.2, -0.15) is 0 Å². The maximum Gasteiger partial charge on any atom is 0.250 e. The van der Waals surface area contributed by atoms with Crippen LogP contribution in [0.3, 0.4) is 0 Å². The van der Waals surface area contributed by atoms with E-state index in [1.165, 1.54) is 0 Å². The standard InChI is InChI=1S/C14H19ClN2O3/c1-19-12(10-4-2-3-5-11(10)15)9-17-14(18)13-8-16-6-7-20-13/h2-5,12-13,16H,6-9H2,1H3,(H,17,18)/t12-,13+/m1/s1. The van der Waals surface area contributed by atoms with Gasteiger partial charge in [-0.1, -0.05) is 29.8 Å². The fourth-order valence-electron chi connectivity index (χ4n) is 2.10. The molecule has 0 bridgehead atoms. The van der Waals surface area contributed by atoms with Crippen LogP contribution >= 0.6 is 11.6 Å². The highest BCUT2D eigenvalue weighted by atomic mass is 35.5. The Morgan fingerprint density at radius 2 is 2.40 bits per heavy atom. The second-order valence-electron chi connectivity index (χ2n) is 4.55. The molecule has 2 N–H and O–H groups in total. The number of nitrogens with one attached hydrogen (secondary N) is 2. The van der Waals surface area contributed by atoms with E-state index in [0.29, 0.717) is 24.7 Å². The summed E-state index contributed by atoms with van der Waals surface area (Å²) in [6.45, 7) is 2.23. The van der Waals surface area contributed by atoms with E-state index in [2.05, 4.69) is 10.6 Å². The number of halogens is 1. The molecular formula is C14H19ClN2O3. The molecule has 0 unspecified atom stereocenters. The zero-order valence-electron chi connectivity index (χ0n) is 11.4. The van der Waals surface area contributed by atoms with E-state index in [-0.39, 0.29) is 12.0 Å². The highest BCUT2D eigenvalue weighted by molar-refractivity contribution is 6.31. The van der Waals surface area contributed by atoms with Crippen LogP contribution in [-0.2, 0) is 14.3 Å². The summed E-state index contributed by atoms with van der Waals surface area (Å²) in [7, 11) is 1.60. The molecule has 1 aliphatic rings. The van der Waals surface area contributed by atoms with Crippen molar-refractivity contribution in [2.24, 2.45) is 0 Å². The SMILES string of the molecule is CO[C@H](CNC(=O)[C@@H]1CNCCO1)c1ccccc1Cl. The third kappa shape index (κ3) is 3.93. The molecule has 6 heteroatoms. The summed E-state index contributed by atoms with van der Waals surface area (Å²) in [6, 6.07) is 7.45. The lowest BCUT2D eigenvalue weighted by molar-refractivity contribution is -0.134. The molecule has 20 heavy (non-hydrogen) atoms. The van der Waals surface area contributed by atoms with E-state index in [1.807, 2.05) is 18.2 Å². The minimum Gasteiger partial charge on any atom is -0.375 e. The van der Waals surface area contributed by atoms with Crippen molar-refractivity contribution in [3.05, 3.63) is 34.9 Å². The molecule has 1 fully saturated rings. The topological polar surface area (TPSA) is 59.6 Å². The van der Waals surface area contributed by atoms with Gasteiger partial charge in [0.05, 0.1) is 6.61 Å². The largest absolute Gasteiger partial charge is 0.375 e. The van der Waals surface area contributed by atoms with Gasteiger partial charge < -0.3 is 20.1 Å². The second-order valence-corrected chi connectivity index (χ2v) is 4.96. The molecule has 2 rings (SSSR count). The van der Waals surface area contributed by atoms with Gasteiger partial charge in [-0.05, 0) is 6.07 Å². The first-order chi connectivity index (χ1) is 9.72. The molecule has 0 radical (unpaired) electrons. The minimum absolute atomic E-state index is 0.133. The van der Waals surface area contributed by atoms with Crippen LogP contribution in [0, 0.1) is 0 Å². The summed E-state index contributed by atoms with van der Waals surface area (Å²) in [5.74, 6) is -0.133. The molecule has 2 atom stereocenters. The lowest BCUT2D eigenvalue weighted by atomic mass is 10.1. The average molecular weight is 299 g/mol. The molecule has 5 nitrogen and oxygen atoms in total. The van der Waals surface area contributed by atoms with Crippen LogP contribution in [0.5, 0.6) is 0 Å². The van der Waals surface area contributed by atoms with Crippen molar-refractivity contribution in [3.8, 4) is 0 Å². The smallest absolute Gasteiger partial charge is 0.250 e. The number of amides is 1. The first kappa shape index (κ1) is 15.3. The quantitative estimate of drug-likeness (QED) is 0.856. The Balaban J connectivity index is 1.90. The summed E-state index contributed by atoms with van der Waals surface area (Å²) in [4.78, 5) is 12.0. The fraction of sp³-hybridized carbons (Fsp3) is 0.500. The number of rotatable bonds is 5. The van der Waals surface area contributed by atoms with Crippen molar-refractivity contribution in [3.63, 3.8) is 0 Å². The number of hydrogen-bond acceptors (Lipinski definition) is 4. The monoisotopic (exact) mass is 298 g/mol. The van der Waals surface area contributed by atoms with Gasteiger partial charge in [0.1, 0.15) is 12.2 Å². The summed E-state index contributed by atoms with van der Waals surface area (Å²) in [5.41, 5.74) is 0.861. The van der Waals surface area contributed by atoms with E-state index >= 15 is 0 Å². The first-order valence-electron chi connectivity index (χ1n) is 6.59. The van der Waals surface area contributed by atoms with Crippen molar-refractivity contribution < 1.29 is 14.3 Å². The van der Waals surface area contributed by atoms with Crippen molar-refractivity contribution >= 4 is 17.5 Å². The Morgan fingerprint density at radius 3 is 3.05 bits per heavy atom. The number of carbonyl (C=O) groups is 1. The van der Waals surface area contributed by atoms with Gasteiger partial charge in [-0.3, -0.25) is 4.79 Å². The predicted molar refractivity (Wildman–Crippen MR) is 76.8 cm³/mol. The summed E-state index contributed by atoms with van der Waals surface area (Å²) in [5, 5.41) is 6.59. The van der Waals surface area contributed by atoms with Gasteiger partial charge >= 0.3 is 0 Å². The molecule has 1 saturated heterocycles. The average Bonchev–Trinajstić information content (AvgIpc) is 2.50. The summed E-state index contributed by atoms with van der Waals surface area (Å²) >= 11 is 6.13. The van der Waals surface area contributed by atoms with Gasteiger partial charge in [-0.25, -0.2) is 0 Å². The van der Waals surface area contributed by atoms with Gasteiger partial charge in [-0.15, -0.1) is 0 Å². The number of benzene rings is 1. The number of ether oxygens (including phenoxy) is 2. The predicted octanol–water partition coefficient (Wildman–Crippen LogP) is 1.13. The van der Waals surface area contributed by atoms with Gasteiger partial charge in [0.15, 0.2) is 0 Å². The van der Waals surface area contributed by atoms with E-state index in [1.54, 1.807) is 13.2 Å². The van der Waals surface area contributed by atoms with Crippen LogP contribution in [0.2, 0.25) is 5.02 Å². The molecule has 0 spiro atoms. The lowest BCUT2D eigenvalue weighted by Gasteiger charge is -2.24. The van der Waals surface area contributed by atoms with Gasteiger partial charge in [0.25, 0.3) is 5.91 Å². The number of carbonyl (C=O) groups excluding carboxylic acids is 1. The van der Waals surface area contributed by atoms with Crippen molar-refractivity contribution in [2.75, 3.05) is 33.4 Å². The van der Waals surface area contributed by atoms with Crippen LogP contribution in [0.4, 0.5) is 0 Å². The second kappa shape index (κ2) is 7.59. The Bertz CT molecular complexity index is 450. The molecule has 1 aliphatic heterocycles. The van der Waals surface area contributed by atoms with Gasteiger partial charge in [0, 0.05) is 37.3 Å². The third-order valence-corrected chi connectivity index (χ3v) is 3.56. The number of morpholine rings is 1. The highest BCUT2D eigenvalue weighted by Gasteiger charge is 2.23. The lowest BCUT2D eigenvalue weighted by Crippen LogP contribution is -2.48. The molecular weight excluding hydrogens is 280 g/mol. The van der Waals surface area contributed by atoms with E-state index in [0.717, 1.165) is 12.1 Å². The summed E-state index contributed by atoms with van der Waals surface area (Å²) in [6.07, 6.45) is -0.711. The molecule has 1 aromatic rings. The molecule has 0 aliphatic carbocycles. The van der Waals surface area contributed by atoms with E-state index in [4.69, 9.17) is 21.1 Å². The van der Waals surface area contributed by atoms with Crippen LogP contribution in [0.1, 0.15) is 11.7 Å². The first-order valence-corrected chi connectivity index (χ1v) is 6.97. The van der Waals surface area contributed by atoms with Crippen LogP contribution in [0.15, 0.2) is 24.3 Å². The zero-order valence-corrected chi connectivity index (χ0v) is 12.2. The Morgan fingerprint density at radius 1 is 1.60 bits per heavy atom. The fourth-order valence-corrected chi connectivity index (χ4v) is 2.35. The number of methoxy groups -OCH3 is 1. The van der Waals surface area contributed by atoms with Crippen molar-refractivity contribution in [1.29, 1.82) is 0 Å². The molecule has 0 aromatic heterocycles. The van der Waals surface area contributed by atoms with Crippen LogP contribution in [0.25, 0.3) is 0 Å². The Kier molecular flexibility index (Phi) is 5.79. The third-order valence-electron chi connectivity index (χ3n) is 3.22. The molecule has 1 aromatic carbocycles. The summed E-state index contributed by atoms with van der Waals surface area (Å²) < 4.78 is 10.8. The Labute approximate surface area is 123 Å². The van der Waals surface area contributed by atoms with Crippen molar-refractivity contribution in [2.45, 2.75) is 12.2 Å². The molecule has 1 amide bonds. The Hall–Kier alpha value is -1.14. The highest BCUT2D eigenvalue weighted by Crippen LogP contribution is 2.24. The zero-order chi connectivity index (χ0) is 14.4. The molecule has 0 saturated carbocycles. The maximum absolute atomic E-state index is 12.0. The molecule has 1 heterocycles. The minimum atomic E-state index is -0.437. The van der Waals surface area contributed by atoms with E-state index in [9.17, 15) is 4.79 Å². The molecule has 110 valence electrons. The van der Waals surface area contributed by atoms with E-state index < -0.39 is 6.10 Å².